The van der Waals surface area contributed by atoms with Crippen molar-refractivity contribution in [3.05, 3.63) is 28.8 Å². The molecule has 1 aromatic carbocycles. The fraction of sp³-hybridized carbons (Fsp3) is 0.647. The highest BCUT2D eigenvalue weighted by Crippen LogP contribution is 2.29. The fourth-order valence-electron chi connectivity index (χ4n) is 3.22. The Bertz CT molecular complexity index is 415. The van der Waals surface area contributed by atoms with Gasteiger partial charge in [0.1, 0.15) is 5.75 Å². The van der Waals surface area contributed by atoms with E-state index in [0.717, 1.165) is 35.1 Å². The molecule has 1 fully saturated rings. The second kappa shape index (κ2) is 7.90. The maximum atomic E-state index is 6.30. The summed E-state index contributed by atoms with van der Waals surface area (Å²) in [6.07, 6.45) is 10.2. The summed E-state index contributed by atoms with van der Waals surface area (Å²) in [7, 11) is 1.69. The minimum Gasteiger partial charge on any atom is -0.496 e. The topological polar surface area (TPSA) is 35.2 Å². The van der Waals surface area contributed by atoms with Crippen LogP contribution >= 0.6 is 11.6 Å². The first-order valence-corrected chi connectivity index (χ1v) is 8.15. The van der Waals surface area contributed by atoms with Crippen molar-refractivity contribution in [3.63, 3.8) is 0 Å². The number of nitrogens with two attached hydrogens (primary N) is 1. The quantitative estimate of drug-likeness (QED) is 0.834. The molecule has 0 radical (unpaired) electrons. The van der Waals surface area contributed by atoms with Crippen molar-refractivity contribution >= 4 is 11.6 Å². The van der Waals surface area contributed by atoms with Crippen LogP contribution < -0.4 is 10.5 Å². The zero-order valence-electron chi connectivity index (χ0n) is 12.4. The van der Waals surface area contributed by atoms with Gasteiger partial charge in [-0.25, -0.2) is 0 Å². The summed E-state index contributed by atoms with van der Waals surface area (Å²) in [5.41, 5.74) is 7.42. The molecule has 1 aliphatic rings. The molecule has 0 aliphatic heterocycles. The van der Waals surface area contributed by atoms with E-state index in [1.807, 2.05) is 18.2 Å². The van der Waals surface area contributed by atoms with Gasteiger partial charge in [0.15, 0.2) is 0 Å². The lowest BCUT2D eigenvalue weighted by Crippen LogP contribution is -2.24. The molecule has 0 heterocycles. The normalized spacial score (nSPS) is 17.9. The van der Waals surface area contributed by atoms with Crippen molar-refractivity contribution in [2.75, 3.05) is 7.11 Å². The Morgan fingerprint density at radius 1 is 1.30 bits per heavy atom. The Labute approximate surface area is 127 Å². The first-order valence-electron chi connectivity index (χ1n) is 7.77. The van der Waals surface area contributed by atoms with Gasteiger partial charge in [0.2, 0.25) is 0 Å². The molecular weight excluding hydrogens is 270 g/mol. The van der Waals surface area contributed by atoms with E-state index < -0.39 is 0 Å². The molecule has 0 bridgehead atoms. The lowest BCUT2D eigenvalue weighted by molar-refractivity contribution is 0.322. The van der Waals surface area contributed by atoms with E-state index >= 15 is 0 Å². The first-order chi connectivity index (χ1) is 9.69. The predicted octanol–water partition coefficient (Wildman–Crippen LogP) is 4.58. The predicted molar refractivity (Wildman–Crippen MR) is 85.5 cm³/mol. The number of ether oxygens (including phenoxy) is 1. The molecule has 0 amide bonds. The summed E-state index contributed by atoms with van der Waals surface area (Å²) in [6.45, 7) is 0. The number of halogens is 1. The second-order valence-corrected chi connectivity index (χ2v) is 6.44. The monoisotopic (exact) mass is 295 g/mol. The molecule has 2 nitrogen and oxygen atoms in total. The average Bonchev–Trinajstić information content (AvgIpc) is 2.46. The molecule has 112 valence electrons. The summed E-state index contributed by atoms with van der Waals surface area (Å²) in [5.74, 6) is 1.79. The number of hydrogen-bond donors (Lipinski definition) is 1. The van der Waals surface area contributed by atoms with E-state index in [-0.39, 0.29) is 6.04 Å². The van der Waals surface area contributed by atoms with E-state index in [1.54, 1.807) is 7.11 Å². The fourth-order valence-corrected chi connectivity index (χ4v) is 3.41. The van der Waals surface area contributed by atoms with Crippen LogP contribution in [-0.4, -0.2) is 13.2 Å². The zero-order valence-corrected chi connectivity index (χ0v) is 13.2. The van der Waals surface area contributed by atoms with Crippen LogP contribution in [0.15, 0.2) is 18.2 Å². The number of hydrogen-bond acceptors (Lipinski definition) is 2. The smallest absolute Gasteiger partial charge is 0.122 e. The van der Waals surface area contributed by atoms with Gasteiger partial charge in [0.05, 0.1) is 7.11 Å². The molecule has 2 N–H and O–H groups in total. The van der Waals surface area contributed by atoms with Gasteiger partial charge in [-0.05, 0) is 48.9 Å². The number of benzene rings is 1. The highest BCUT2D eigenvalue weighted by atomic mass is 35.5. The Kier molecular flexibility index (Phi) is 6.18. The second-order valence-electron chi connectivity index (χ2n) is 6.00. The van der Waals surface area contributed by atoms with Crippen molar-refractivity contribution in [1.82, 2.24) is 0 Å². The minimum absolute atomic E-state index is 0.198. The van der Waals surface area contributed by atoms with Crippen molar-refractivity contribution in [2.24, 2.45) is 11.7 Å². The van der Waals surface area contributed by atoms with Crippen LogP contribution in [0, 0.1) is 5.92 Å². The summed E-state index contributed by atoms with van der Waals surface area (Å²) < 4.78 is 5.38. The summed E-state index contributed by atoms with van der Waals surface area (Å²) >= 11 is 6.06. The largest absolute Gasteiger partial charge is 0.496 e. The van der Waals surface area contributed by atoms with Gasteiger partial charge in [-0.2, -0.15) is 0 Å². The van der Waals surface area contributed by atoms with E-state index in [0.29, 0.717) is 0 Å². The molecule has 0 saturated heterocycles. The lowest BCUT2D eigenvalue weighted by atomic mass is 9.84. The average molecular weight is 296 g/mol. The molecule has 1 aromatic rings. The van der Waals surface area contributed by atoms with Crippen molar-refractivity contribution in [3.8, 4) is 5.75 Å². The Hall–Kier alpha value is -0.730. The Balaban J connectivity index is 1.84. The highest BCUT2D eigenvalue weighted by molar-refractivity contribution is 6.30. The van der Waals surface area contributed by atoms with Gasteiger partial charge in [0, 0.05) is 11.1 Å². The van der Waals surface area contributed by atoms with Crippen LogP contribution in [0.25, 0.3) is 0 Å². The molecular formula is C17H26ClNO. The van der Waals surface area contributed by atoms with Gasteiger partial charge < -0.3 is 10.5 Å². The van der Waals surface area contributed by atoms with Gasteiger partial charge in [-0.1, -0.05) is 43.7 Å². The standard InChI is InChI=1S/C17H26ClNO/c1-20-17-10-8-15(18)11-14(17)12-16(19)9-7-13-5-3-2-4-6-13/h8,10-11,13,16H,2-7,9,12,19H2,1H3. The van der Waals surface area contributed by atoms with Crippen LogP contribution in [0.4, 0.5) is 0 Å². The summed E-state index contributed by atoms with van der Waals surface area (Å²) in [5, 5.41) is 0.750. The molecule has 1 saturated carbocycles. The number of rotatable bonds is 6. The minimum atomic E-state index is 0.198. The van der Waals surface area contributed by atoms with Crippen LogP contribution in [0.1, 0.15) is 50.5 Å². The highest BCUT2D eigenvalue weighted by Gasteiger charge is 2.16. The van der Waals surface area contributed by atoms with Crippen LogP contribution in [0.3, 0.4) is 0 Å². The van der Waals surface area contributed by atoms with Crippen LogP contribution in [0.5, 0.6) is 5.75 Å². The third kappa shape index (κ3) is 4.68. The third-order valence-corrected chi connectivity index (χ3v) is 4.63. The molecule has 20 heavy (non-hydrogen) atoms. The SMILES string of the molecule is COc1ccc(Cl)cc1CC(N)CCC1CCCCC1. The van der Waals surface area contributed by atoms with Gasteiger partial charge in [0.25, 0.3) is 0 Å². The van der Waals surface area contributed by atoms with Gasteiger partial charge in [-0.15, -0.1) is 0 Å². The Morgan fingerprint density at radius 2 is 2.05 bits per heavy atom. The molecule has 1 atom stereocenters. The van der Waals surface area contributed by atoms with E-state index in [2.05, 4.69) is 0 Å². The van der Waals surface area contributed by atoms with Crippen LogP contribution in [0.2, 0.25) is 5.02 Å². The molecule has 2 rings (SSSR count). The van der Waals surface area contributed by atoms with Gasteiger partial charge in [-0.3, -0.25) is 0 Å². The maximum Gasteiger partial charge on any atom is 0.122 e. The summed E-state index contributed by atoms with van der Waals surface area (Å²) in [4.78, 5) is 0. The van der Waals surface area contributed by atoms with Crippen molar-refractivity contribution in [1.29, 1.82) is 0 Å². The van der Waals surface area contributed by atoms with E-state index in [4.69, 9.17) is 22.1 Å². The van der Waals surface area contributed by atoms with Gasteiger partial charge >= 0.3 is 0 Å². The Morgan fingerprint density at radius 3 is 2.75 bits per heavy atom. The first kappa shape index (κ1) is 15.7. The lowest BCUT2D eigenvalue weighted by Gasteiger charge is -2.23. The van der Waals surface area contributed by atoms with Crippen molar-refractivity contribution < 1.29 is 4.74 Å². The molecule has 1 unspecified atom stereocenters. The van der Waals surface area contributed by atoms with E-state index in [1.165, 1.54) is 38.5 Å². The molecule has 0 spiro atoms. The van der Waals surface area contributed by atoms with E-state index in [9.17, 15) is 0 Å². The van der Waals surface area contributed by atoms with Crippen molar-refractivity contribution in [2.45, 2.75) is 57.4 Å². The third-order valence-electron chi connectivity index (χ3n) is 4.40. The maximum absolute atomic E-state index is 6.30. The van der Waals surface area contributed by atoms with Crippen LogP contribution in [-0.2, 0) is 6.42 Å². The molecule has 0 aromatic heterocycles. The zero-order chi connectivity index (χ0) is 14.4. The number of methoxy groups -OCH3 is 1. The summed E-state index contributed by atoms with van der Waals surface area (Å²) in [6, 6.07) is 5.95. The molecule has 3 heteroatoms. The molecule has 1 aliphatic carbocycles.